The van der Waals surface area contributed by atoms with Crippen LogP contribution in [0.5, 0.6) is 0 Å². The van der Waals surface area contributed by atoms with E-state index in [0.717, 1.165) is 6.42 Å². The predicted octanol–water partition coefficient (Wildman–Crippen LogP) is 1.97. The summed E-state index contributed by atoms with van der Waals surface area (Å²) in [6, 6.07) is 0. The fourth-order valence-electron chi connectivity index (χ4n) is 1.95. The third-order valence-electron chi connectivity index (χ3n) is 4.15. The Bertz CT molecular complexity index is 242. The molecule has 1 atom stereocenters. The van der Waals surface area contributed by atoms with Gasteiger partial charge in [0.2, 0.25) is 0 Å². The first-order chi connectivity index (χ1) is 5.69. The number of rotatable bonds is 2. The maximum Gasteiger partial charge on any atom is 0.152 e. The molecule has 0 aliphatic heterocycles. The van der Waals surface area contributed by atoms with Crippen molar-refractivity contribution in [1.29, 1.82) is 0 Å². The van der Waals surface area contributed by atoms with Gasteiger partial charge in [-0.1, -0.05) is 33.9 Å². The van der Waals surface area contributed by atoms with Crippen LogP contribution in [-0.4, -0.2) is 26.1 Å². The van der Waals surface area contributed by atoms with Gasteiger partial charge in [-0.25, -0.2) is 0 Å². The molecule has 1 N–H and O–H groups in total. The van der Waals surface area contributed by atoms with Gasteiger partial charge in [-0.2, -0.15) is 0 Å². The summed E-state index contributed by atoms with van der Waals surface area (Å²) in [6.07, 6.45) is 0.750. The van der Waals surface area contributed by atoms with E-state index in [1.165, 1.54) is 0 Å². The minimum absolute atomic E-state index is 0.120. The summed E-state index contributed by atoms with van der Waals surface area (Å²) in [5.41, 5.74) is 0. The molecule has 1 rings (SSSR count). The molecule has 0 radical (unpaired) electrons. The number of nitrogens with one attached hydrogen (secondary N) is 1. The van der Waals surface area contributed by atoms with Gasteiger partial charge in [0.15, 0.2) is 5.78 Å². The minimum atomic E-state index is -1.55. The second kappa shape index (κ2) is 2.67. The maximum absolute atomic E-state index is 11.5. The van der Waals surface area contributed by atoms with Crippen molar-refractivity contribution in [2.75, 3.05) is 7.05 Å². The molecular weight excluding hydrogens is 178 g/mol. The highest BCUT2D eigenvalue weighted by Gasteiger charge is 2.66. The summed E-state index contributed by atoms with van der Waals surface area (Å²) >= 11 is 0. The van der Waals surface area contributed by atoms with Crippen molar-refractivity contribution >= 4 is 13.9 Å². The average Bonchev–Trinajstić information content (AvgIpc) is 2.60. The Morgan fingerprint density at radius 3 is 1.85 bits per heavy atom. The zero-order valence-corrected chi connectivity index (χ0v) is 10.6. The summed E-state index contributed by atoms with van der Waals surface area (Å²) in [5, 5.41) is 3.42. The molecule has 13 heavy (non-hydrogen) atoms. The van der Waals surface area contributed by atoms with Crippen LogP contribution >= 0.6 is 0 Å². The van der Waals surface area contributed by atoms with Crippen LogP contribution in [0.3, 0.4) is 0 Å². The Balaban J connectivity index is 3.00. The van der Waals surface area contributed by atoms with E-state index in [-0.39, 0.29) is 10.2 Å². The number of hydrogen-bond acceptors (Lipinski definition) is 2. The molecule has 0 amide bonds. The van der Waals surface area contributed by atoms with E-state index in [1.807, 2.05) is 7.05 Å². The van der Waals surface area contributed by atoms with Gasteiger partial charge < -0.3 is 5.32 Å². The second-order valence-corrected chi connectivity index (χ2v) is 11.2. The normalized spacial score (nSPS) is 29.2. The van der Waals surface area contributed by atoms with Gasteiger partial charge in [0.05, 0.1) is 13.2 Å². The first kappa shape index (κ1) is 10.9. The molecule has 76 valence electrons. The van der Waals surface area contributed by atoms with Crippen LogP contribution in [-0.2, 0) is 4.79 Å². The molecule has 1 saturated carbocycles. The Morgan fingerprint density at radius 1 is 1.38 bits per heavy atom. The Labute approximate surface area is 82.1 Å². The molecule has 0 bridgehead atoms. The highest BCUT2D eigenvalue weighted by molar-refractivity contribution is 6.88. The molecule has 0 spiro atoms. The Hall–Kier alpha value is -0.153. The molecule has 0 aromatic rings. The summed E-state index contributed by atoms with van der Waals surface area (Å²) < 4.78 is 0. The SMILES string of the molecule is CNC1([Si](C)(C)C(C)(C)C)CC1=O. The Morgan fingerprint density at radius 2 is 1.77 bits per heavy atom. The molecule has 0 heterocycles. The molecule has 3 heteroatoms. The first-order valence-electron chi connectivity index (χ1n) is 4.91. The number of ketones is 1. The highest BCUT2D eigenvalue weighted by atomic mass is 28.3. The van der Waals surface area contributed by atoms with Gasteiger partial charge in [0, 0.05) is 6.42 Å². The lowest BCUT2D eigenvalue weighted by atomic mass is 10.2. The lowest BCUT2D eigenvalue weighted by Gasteiger charge is -2.42. The van der Waals surface area contributed by atoms with Crippen molar-refractivity contribution in [2.24, 2.45) is 0 Å². The van der Waals surface area contributed by atoms with E-state index < -0.39 is 8.07 Å². The topological polar surface area (TPSA) is 29.1 Å². The summed E-state index contributed by atoms with van der Waals surface area (Å²) in [4.78, 5) is 11.5. The fourth-order valence-corrected chi connectivity index (χ4v) is 5.15. The number of hydrogen-bond donors (Lipinski definition) is 1. The van der Waals surface area contributed by atoms with Gasteiger partial charge in [0.25, 0.3) is 0 Å². The lowest BCUT2D eigenvalue weighted by Crippen LogP contribution is -2.59. The van der Waals surface area contributed by atoms with Crippen LogP contribution in [0.25, 0.3) is 0 Å². The van der Waals surface area contributed by atoms with Crippen LogP contribution in [0.4, 0.5) is 0 Å². The van der Waals surface area contributed by atoms with Crippen LogP contribution in [0.1, 0.15) is 27.2 Å². The molecule has 1 aliphatic carbocycles. The van der Waals surface area contributed by atoms with Gasteiger partial charge >= 0.3 is 0 Å². The fraction of sp³-hybridized carbons (Fsp3) is 0.900. The monoisotopic (exact) mass is 199 g/mol. The minimum Gasteiger partial charge on any atom is -0.310 e. The van der Waals surface area contributed by atoms with Crippen LogP contribution in [0, 0.1) is 0 Å². The van der Waals surface area contributed by atoms with Gasteiger partial charge in [-0.3, -0.25) is 4.79 Å². The van der Waals surface area contributed by atoms with E-state index in [0.29, 0.717) is 5.78 Å². The van der Waals surface area contributed by atoms with Crippen molar-refractivity contribution in [3.05, 3.63) is 0 Å². The third kappa shape index (κ3) is 1.29. The van der Waals surface area contributed by atoms with E-state index in [9.17, 15) is 4.79 Å². The maximum atomic E-state index is 11.5. The van der Waals surface area contributed by atoms with Crippen LogP contribution in [0.15, 0.2) is 0 Å². The molecular formula is C10H21NOSi. The molecule has 0 aromatic carbocycles. The molecule has 1 unspecified atom stereocenters. The first-order valence-corrected chi connectivity index (χ1v) is 7.91. The van der Waals surface area contributed by atoms with Gasteiger partial charge in [0.1, 0.15) is 0 Å². The molecule has 1 aliphatic rings. The van der Waals surface area contributed by atoms with Crippen molar-refractivity contribution < 1.29 is 4.79 Å². The standard InChI is InChI=1S/C10H21NOSi/c1-9(2,3)13(5,6)10(11-4)7-8(10)12/h11H,7H2,1-6H3. The highest BCUT2D eigenvalue weighted by Crippen LogP contribution is 2.50. The third-order valence-corrected chi connectivity index (χ3v) is 10.7. The summed E-state index contributed by atoms with van der Waals surface area (Å²) in [7, 11) is 0.377. The number of likely N-dealkylation sites (N-methyl/N-ethyl adjacent to an activating group) is 1. The van der Waals surface area contributed by atoms with Crippen LogP contribution in [0.2, 0.25) is 18.1 Å². The summed E-state index contributed by atoms with van der Waals surface area (Å²) in [5.74, 6) is 0.418. The number of Topliss-reactive ketones (excluding diaryl/α,β-unsaturated/α-hetero) is 1. The van der Waals surface area contributed by atoms with Crippen molar-refractivity contribution in [2.45, 2.75) is 50.5 Å². The molecule has 0 aromatic heterocycles. The molecule has 1 fully saturated rings. The van der Waals surface area contributed by atoms with Gasteiger partial charge in [-0.05, 0) is 12.1 Å². The van der Waals surface area contributed by atoms with Gasteiger partial charge in [-0.15, -0.1) is 0 Å². The van der Waals surface area contributed by atoms with Crippen LogP contribution < -0.4 is 5.32 Å². The zero-order chi connectivity index (χ0) is 10.5. The molecule has 2 nitrogen and oxygen atoms in total. The van der Waals surface area contributed by atoms with Crippen molar-refractivity contribution in [1.82, 2.24) is 5.32 Å². The largest absolute Gasteiger partial charge is 0.310 e. The van der Waals surface area contributed by atoms with Crippen molar-refractivity contribution in [3.8, 4) is 0 Å². The lowest BCUT2D eigenvalue weighted by molar-refractivity contribution is -0.111. The predicted molar refractivity (Wildman–Crippen MR) is 58.6 cm³/mol. The second-order valence-electron chi connectivity index (χ2n) is 5.63. The zero-order valence-electron chi connectivity index (χ0n) is 9.62. The van der Waals surface area contributed by atoms with E-state index in [2.05, 4.69) is 39.2 Å². The van der Waals surface area contributed by atoms with E-state index in [4.69, 9.17) is 0 Å². The number of carbonyl (C=O) groups is 1. The summed E-state index contributed by atoms with van der Waals surface area (Å²) in [6.45, 7) is 11.4. The quantitative estimate of drug-likeness (QED) is 0.689. The number of carbonyl (C=O) groups excluding carboxylic acids is 1. The van der Waals surface area contributed by atoms with Crippen molar-refractivity contribution in [3.63, 3.8) is 0 Å². The van der Waals surface area contributed by atoms with E-state index >= 15 is 0 Å². The van der Waals surface area contributed by atoms with E-state index in [1.54, 1.807) is 0 Å². The molecule has 0 saturated heterocycles. The smallest absolute Gasteiger partial charge is 0.152 e. The average molecular weight is 199 g/mol. The Kier molecular flexibility index (Phi) is 2.24.